The molecule has 8 nitrogen and oxygen atoms in total. The lowest BCUT2D eigenvalue weighted by Crippen LogP contribution is -2.47. The molecule has 5 rings (SSSR count). The van der Waals surface area contributed by atoms with Crippen molar-refractivity contribution >= 4 is 22.6 Å². The van der Waals surface area contributed by atoms with Gasteiger partial charge in [-0.1, -0.05) is 0 Å². The minimum Gasteiger partial charge on any atom is -0.350 e. The largest absolute Gasteiger partial charge is 0.350 e. The molecule has 0 aliphatic heterocycles. The van der Waals surface area contributed by atoms with E-state index >= 15 is 0 Å². The summed E-state index contributed by atoms with van der Waals surface area (Å²) in [7, 11) is 4.19. The first kappa shape index (κ1) is 19.8. The Hall–Kier alpha value is -3.14. The van der Waals surface area contributed by atoms with E-state index in [4.69, 9.17) is 0 Å². The Morgan fingerprint density at radius 2 is 2.00 bits per heavy atom. The van der Waals surface area contributed by atoms with Crippen LogP contribution in [0.2, 0.25) is 0 Å². The topological polar surface area (TPSA) is 76.2 Å². The highest BCUT2D eigenvalue weighted by molar-refractivity contribution is 5.85. The molecule has 4 aromatic heterocycles. The van der Waals surface area contributed by atoms with E-state index < -0.39 is 13.0 Å². The molecular weight excluding hydrogens is 402 g/mol. The predicted molar refractivity (Wildman–Crippen MR) is 114 cm³/mol. The van der Waals surface area contributed by atoms with Crippen molar-refractivity contribution < 1.29 is 8.78 Å². The number of rotatable bonds is 6. The van der Waals surface area contributed by atoms with E-state index in [1.54, 1.807) is 23.8 Å². The average Bonchev–Trinajstić information content (AvgIpc) is 3.24. The summed E-state index contributed by atoms with van der Waals surface area (Å²) in [5.41, 5.74) is 3.57. The van der Waals surface area contributed by atoms with Crippen LogP contribution >= 0.6 is 0 Å². The van der Waals surface area contributed by atoms with Gasteiger partial charge >= 0.3 is 0 Å². The van der Waals surface area contributed by atoms with Gasteiger partial charge in [0.1, 0.15) is 5.82 Å². The number of hydrogen-bond acceptors (Lipinski definition) is 6. The van der Waals surface area contributed by atoms with E-state index in [0.29, 0.717) is 35.0 Å². The lowest BCUT2D eigenvalue weighted by atomic mass is 9.86. The van der Waals surface area contributed by atoms with E-state index in [-0.39, 0.29) is 0 Å². The van der Waals surface area contributed by atoms with Crippen LogP contribution in [0.1, 0.15) is 18.7 Å². The van der Waals surface area contributed by atoms with Crippen LogP contribution in [0.4, 0.5) is 14.7 Å². The van der Waals surface area contributed by atoms with Crippen molar-refractivity contribution in [3.8, 4) is 11.1 Å². The molecule has 0 atom stereocenters. The first-order chi connectivity index (χ1) is 14.9. The van der Waals surface area contributed by atoms with Gasteiger partial charge in [-0.2, -0.15) is 0 Å². The molecule has 1 fully saturated rings. The molecule has 4 heterocycles. The molecule has 1 N–H and O–H groups in total. The zero-order valence-electron chi connectivity index (χ0n) is 17.6. The van der Waals surface area contributed by atoms with E-state index in [1.165, 1.54) is 4.57 Å². The van der Waals surface area contributed by atoms with Crippen molar-refractivity contribution in [1.29, 1.82) is 0 Å². The summed E-state index contributed by atoms with van der Waals surface area (Å²) in [6.45, 7) is 1.31. The average molecular weight is 426 g/mol. The van der Waals surface area contributed by atoms with Gasteiger partial charge < -0.3 is 14.8 Å². The second-order valence-corrected chi connectivity index (χ2v) is 8.30. The Bertz CT molecular complexity index is 1240. The van der Waals surface area contributed by atoms with E-state index in [1.807, 2.05) is 18.3 Å². The van der Waals surface area contributed by atoms with Gasteiger partial charge in [0, 0.05) is 35.6 Å². The zero-order valence-corrected chi connectivity index (χ0v) is 17.6. The summed E-state index contributed by atoms with van der Waals surface area (Å²) < 4.78 is 29.3. The van der Waals surface area contributed by atoms with Crippen molar-refractivity contribution in [1.82, 2.24) is 34.0 Å². The molecule has 0 spiro atoms. The van der Waals surface area contributed by atoms with Crippen LogP contribution in [-0.2, 0) is 6.54 Å². The molecule has 0 unspecified atom stereocenters. The molecule has 1 aliphatic carbocycles. The number of anilines is 1. The van der Waals surface area contributed by atoms with Gasteiger partial charge in [-0.05, 0) is 46.0 Å². The Labute approximate surface area is 177 Å². The molecule has 0 radical (unpaired) electrons. The number of aryl methyl sites for hydroxylation is 1. The summed E-state index contributed by atoms with van der Waals surface area (Å²) in [6.07, 6.45) is 5.04. The Kier molecular flexibility index (Phi) is 4.81. The molecule has 1 aliphatic rings. The Balaban J connectivity index is 1.43. The Morgan fingerprint density at radius 1 is 1.19 bits per heavy atom. The lowest BCUT2D eigenvalue weighted by Gasteiger charge is -2.39. The van der Waals surface area contributed by atoms with E-state index in [0.717, 1.165) is 29.5 Å². The first-order valence-corrected chi connectivity index (χ1v) is 10.3. The van der Waals surface area contributed by atoms with Crippen molar-refractivity contribution in [3.05, 3.63) is 36.5 Å². The van der Waals surface area contributed by atoms with Gasteiger partial charge in [0.05, 0.1) is 23.8 Å². The number of nitrogens with zero attached hydrogens (tertiary/aromatic N) is 7. The van der Waals surface area contributed by atoms with Crippen molar-refractivity contribution in [2.45, 2.75) is 44.8 Å². The molecule has 10 heteroatoms. The van der Waals surface area contributed by atoms with Crippen molar-refractivity contribution in [3.63, 3.8) is 0 Å². The molecule has 0 bridgehead atoms. The maximum absolute atomic E-state index is 13.0. The fourth-order valence-electron chi connectivity index (χ4n) is 4.15. The predicted octanol–water partition coefficient (Wildman–Crippen LogP) is 3.22. The number of imidazole rings is 1. The molecule has 0 saturated heterocycles. The highest BCUT2D eigenvalue weighted by atomic mass is 19.3. The monoisotopic (exact) mass is 426 g/mol. The van der Waals surface area contributed by atoms with Gasteiger partial charge in [-0.3, -0.25) is 0 Å². The number of pyridine rings is 1. The third-order valence-electron chi connectivity index (χ3n) is 6.02. The molecule has 0 amide bonds. The summed E-state index contributed by atoms with van der Waals surface area (Å²) >= 11 is 0. The van der Waals surface area contributed by atoms with Crippen molar-refractivity contribution in [2.24, 2.45) is 0 Å². The molecule has 31 heavy (non-hydrogen) atoms. The van der Waals surface area contributed by atoms with Gasteiger partial charge in [0.2, 0.25) is 5.95 Å². The molecule has 4 aromatic rings. The third-order valence-corrected chi connectivity index (χ3v) is 6.02. The summed E-state index contributed by atoms with van der Waals surface area (Å²) in [6, 6.07) is 4.76. The van der Waals surface area contributed by atoms with Crippen LogP contribution in [0.15, 0.2) is 30.7 Å². The second kappa shape index (κ2) is 7.52. The van der Waals surface area contributed by atoms with Gasteiger partial charge in [-0.15, -0.1) is 5.10 Å². The molecule has 0 aromatic carbocycles. The van der Waals surface area contributed by atoms with Gasteiger partial charge in [0.25, 0.3) is 6.43 Å². The van der Waals surface area contributed by atoms with Crippen LogP contribution in [0.3, 0.4) is 0 Å². The smallest absolute Gasteiger partial charge is 0.256 e. The maximum Gasteiger partial charge on any atom is 0.256 e. The number of nitrogens with one attached hydrogen (secondary N) is 1. The van der Waals surface area contributed by atoms with Gasteiger partial charge in [-0.25, -0.2) is 28.2 Å². The van der Waals surface area contributed by atoms with Crippen LogP contribution in [0.25, 0.3) is 27.8 Å². The van der Waals surface area contributed by atoms with E-state index in [9.17, 15) is 8.78 Å². The third kappa shape index (κ3) is 3.60. The fourth-order valence-corrected chi connectivity index (χ4v) is 4.15. The number of halogens is 2. The van der Waals surface area contributed by atoms with Crippen molar-refractivity contribution in [2.75, 3.05) is 19.4 Å². The normalized spacial score (nSPS) is 18.9. The van der Waals surface area contributed by atoms with Crippen LogP contribution < -0.4 is 5.32 Å². The highest BCUT2D eigenvalue weighted by Crippen LogP contribution is 2.29. The molecular formula is C21H24F2N8. The highest BCUT2D eigenvalue weighted by Gasteiger charge is 2.31. The van der Waals surface area contributed by atoms with Crippen LogP contribution in [-0.4, -0.2) is 66.6 Å². The number of aromatic nitrogens is 6. The number of alkyl halides is 2. The minimum atomic E-state index is -2.46. The summed E-state index contributed by atoms with van der Waals surface area (Å²) in [5.74, 6) is 1.12. The quantitative estimate of drug-likeness (QED) is 0.510. The zero-order chi connectivity index (χ0) is 21.7. The SMILES string of the molecule is Cc1nc2ncc(-c3ccn4nc(NC5CC(N(C)C)C5)ncc34)cc2n1CC(F)F. The number of fused-ring (bicyclic) bond motifs is 2. The molecule has 162 valence electrons. The number of hydrogen-bond donors (Lipinski definition) is 1. The summed E-state index contributed by atoms with van der Waals surface area (Å²) in [4.78, 5) is 15.4. The lowest BCUT2D eigenvalue weighted by molar-refractivity contribution is 0.127. The second-order valence-electron chi connectivity index (χ2n) is 8.30. The minimum absolute atomic E-state index is 0.379. The molecule has 1 saturated carbocycles. The Morgan fingerprint density at radius 3 is 2.74 bits per heavy atom. The van der Waals surface area contributed by atoms with Crippen LogP contribution in [0.5, 0.6) is 0 Å². The fraction of sp³-hybridized carbons (Fsp3) is 0.429. The van der Waals surface area contributed by atoms with Crippen LogP contribution in [0, 0.1) is 6.92 Å². The first-order valence-electron chi connectivity index (χ1n) is 10.3. The summed E-state index contributed by atoms with van der Waals surface area (Å²) in [5, 5.41) is 7.97. The maximum atomic E-state index is 13.0. The van der Waals surface area contributed by atoms with Gasteiger partial charge in [0.15, 0.2) is 5.65 Å². The standard InChI is InChI=1S/C21H24F2N8/c1-12-26-20-17(30(12)11-19(22)23)6-13(9-24-20)16-4-5-31-18(16)10-25-21(28-31)27-14-7-15(8-14)29(2)3/h4-6,9-10,14-15,19H,7-8,11H2,1-3H3,(H,27,28). The van der Waals surface area contributed by atoms with E-state index in [2.05, 4.69) is 44.4 Å².